The van der Waals surface area contributed by atoms with Crippen LogP contribution in [0.1, 0.15) is 34.0 Å². The standard InChI is InChI=1S/C19H21N3OS/c1-22(12-19-21-16-4-2-3-5-18(16)24-19)11-15-14-10-20-9-8-13(14)6-7-17(15)23/h6-10,23H,2-5,11-12H2,1H3. The molecule has 0 aliphatic heterocycles. The highest BCUT2D eigenvalue weighted by atomic mass is 32.1. The van der Waals surface area contributed by atoms with Gasteiger partial charge in [0.2, 0.25) is 0 Å². The predicted molar refractivity (Wildman–Crippen MR) is 97.3 cm³/mol. The number of hydrogen-bond donors (Lipinski definition) is 1. The van der Waals surface area contributed by atoms with Gasteiger partial charge in [0.05, 0.1) is 12.2 Å². The van der Waals surface area contributed by atoms with E-state index < -0.39 is 0 Å². The molecule has 4 rings (SSSR count). The minimum Gasteiger partial charge on any atom is -0.508 e. The van der Waals surface area contributed by atoms with Crippen LogP contribution in [0.25, 0.3) is 10.8 Å². The van der Waals surface area contributed by atoms with E-state index in [2.05, 4.69) is 16.9 Å². The number of hydrogen-bond acceptors (Lipinski definition) is 5. The Morgan fingerprint density at radius 3 is 2.92 bits per heavy atom. The van der Waals surface area contributed by atoms with Crippen LogP contribution in [0.2, 0.25) is 0 Å². The van der Waals surface area contributed by atoms with Crippen LogP contribution in [0.15, 0.2) is 30.6 Å². The Morgan fingerprint density at radius 2 is 2.04 bits per heavy atom. The zero-order valence-corrected chi connectivity index (χ0v) is 14.6. The van der Waals surface area contributed by atoms with Crippen molar-refractivity contribution in [1.29, 1.82) is 0 Å². The SMILES string of the molecule is CN(Cc1nc2c(s1)CCCC2)Cc1c(O)ccc2ccncc12. The molecule has 0 saturated carbocycles. The zero-order valence-electron chi connectivity index (χ0n) is 13.8. The molecule has 1 aromatic carbocycles. The number of rotatable bonds is 4. The van der Waals surface area contributed by atoms with Gasteiger partial charge in [-0.2, -0.15) is 0 Å². The summed E-state index contributed by atoms with van der Waals surface area (Å²) in [6.45, 7) is 1.49. The zero-order chi connectivity index (χ0) is 16.5. The van der Waals surface area contributed by atoms with Gasteiger partial charge in [0.25, 0.3) is 0 Å². The van der Waals surface area contributed by atoms with Crippen LogP contribution >= 0.6 is 11.3 Å². The lowest BCUT2D eigenvalue weighted by Gasteiger charge is -2.17. The fourth-order valence-corrected chi connectivity index (χ4v) is 4.64. The van der Waals surface area contributed by atoms with Crippen molar-refractivity contribution in [2.45, 2.75) is 38.8 Å². The number of fused-ring (bicyclic) bond motifs is 2. The Hall–Kier alpha value is -1.98. The minimum absolute atomic E-state index is 0.334. The quantitative estimate of drug-likeness (QED) is 0.783. The van der Waals surface area contributed by atoms with Crippen LogP contribution in [0.3, 0.4) is 0 Å². The molecule has 0 amide bonds. The summed E-state index contributed by atoms with van der Waals surface area (Å²) in [5, 5.41) is 13.6. The molecule has 0 spiro atoms. The third-order valence-corrected chi connectivity index (χ3v) is 5.78. The smallest absolute Gasteiger partial charge is 0.120 e. The Bertz CT molecular complexity index is 851. The molecule has 1 N–H and O–H groups in total. The van der Waals surface area contributed by atoms with E-state index in [0.717, 1.165) is 29.3 Å². The molecule has 3 aromatic rings. The number of phenols is 1. The van der Waals surface area contributed by atoms with Gasteiger partial charge in [0, 0.05) is 34.8 Å². The van der Waals surface area contributed by atoms with E-state index in [9.17, 15) is 5.11 Å². The van der Waals surface area contributed by atoms with E-state index in [0.29, 0.717) is 12.3 Å². The monoisotopic (exact) mass is 339 g/mol. The lowest BCUT2D eigenvalue weighted by atomic mass is 10.0. The molecule has 1 aliphatic carbocycles. The summed E-state index contributed by atoms with van der Waals surface area (Å²) < 4.78 is 0. The van der Waals surface area contributed by atoms with Gasteiger partial charge in [0.1, 0.15) is 10.8 Å². The first-order valence-corrected chi connectivity index (χ1v) is 9.23. The van der Waals surface area contributed by atoms with Crippen LogP contribution in [0.5, 0.6) is 5.75 Å². The van der Waals surface area contributed by atoms with Crippen molar-refractivity contribution >= 4 is 22.1 Å². The van der Waals surface area contributed by atoms with Gasteiger partial charge >= 0.3 is 0 Å². The average Bonchev–Trinajstić information content (AvgIpc) is 2.99. The molecule has 0 saturated heterocycles. The highest BCUT2D eigenvalue weighted by molar-refractivity contribution is 7.11. The largest absolute Gasteiger partial charge is 0.508 e. The van der Waals surface area contributed by atoms with Crippen LogP contribution in [-0.2, 0) is 25.9 Å². The van der Waals surface area contributed by atoms with E-state index in [1.54, 1.807) is 12.3 Å². The highest BCUT2D eigenvalue weighted by Gasteiger charge is 2.17. The summed E-state index contributed by atoms with van der Waals surface area (Å²) >= 11 is 1.85. The fraction of sp³-hybridized carbons (Fsp3) is 0.368. The topological polar surface area (TPSA) is 49.2 Å². The molecule has 2 heterocycles. The second-order valence-corrected chi connectivity index (χ2v) is 7.69. The van der Waals surface area contributed by atoms with Gasteiger partial charge in [-0.3, -0.25) is 9.88 Å². The third kappa shape index (κ3) is 3.01. The minimum atomic E-state index is 0.334. The van der Waals surface area contributed by atoms with E-state index in [1.165, 1.54) is 34.8 Å². The van der Waals surface area contributed by atoms with E-state index >= 15 is 0 Å². The van der Waals surface area contributed by atoms with Crippen molar-refractivity contribution in [3.05, 3.63) is 51.7 Å². The maximum Gasteiger partial charge on any atom is 0.120 e. The summed E-state index contributed by atoms with van der Waals surface area (Å²) in [6.07, 6.45) is 8.50. The molecule has 24 heavy (non-hydrogen) atoms. The number of aromatic nitrogens is 2. The molecule has 0 unspecified atom stereocenters. The Kier molecular flexibility index (Phi) is 4.21. The fourth-order valence-electron chi connectivity index (χ4n) is 3.41. The average molecular weight is 339 g/mol. The van der Waals surface area contributed by atoms with Crippen LogP contribution < -0.4 is 0 Å². The molecule has 0 fully saturated rings. The number of nitrogens with zero attached hydrogens (tertiary/aromatic N) is 3. The number of aromatic hydroxyl groups is 1. The summed E-state index contributed by atoms with van der Waals surface area (Å²) in [5.41, 5.74) is 2.25. The van der Waals surface area contributed by atoms with Gasteiger partial charge in [-0.15, -0.1) is 11.3 Å². The van der Waals surface area contributed by atoms with Crippen LogP contribution in [0, 0.1) is 0 Å². The summed E-state index contributed by atoms with van der Waals surface area (Å²) in [4.78, 5) is 12.7. The Labute approximate surface area is 145 Å². The number of benzene rings is 1. The van der Waals surface area contributed by atoms with E-state index in [-0.39, 0.29) is 0 Å². The van der Waals surface area contributed by atoms with Crippen LogP contribution in [-0.4, -0.2) is 27.0 Å². The first kappa shape index (κ1) is 15.5. The number of pyridine rings is 1. The number of aryl methyl sites for hydroxylation is 2. The van der Waals surface area contributed by atoms with E-state index in [1.807, 2.05) is 29.7 Å². The van der Waals surface area contributed by atoms with Gasteiger partial charge in [-0.25, -0.2) is 4.98 Å². The van der Waals surface area contributed by atoms with Crippen molar-refractivity contribution < 1.29 is 5.11 Å². The molecule has 4 nitrogen and oxygen atoms in total. The lowest BCUT2D eigenvalue weighted by Crippen LogP contribution is -2.17. The molecular formula is C19H21N3OS. The third-order valence-electron chi connectivity index (χ3n) is 4.63. The second-order valence-electron chi connectivity index (χ2n) is 6.52. The number of thiazole rings is 1. The molecule has 0 atom stereocenters. The van der Waals surface area contributed by atoms with Gasteiger partial charge in [0.15, 0.2) is 0 Å². The van der Waals surface area contributed by atoms with E-state index in [4.69, 9.17) is 4.98 Å². The van der Waals surface area contributed by atoms with Crippen molar-refractivity contribution in [3.63, 3.8) is 0 Å². The summed E-state index contributed by atoms with van der Waals surface area (Å²) in [7, 11) is 2.08. The molecule has 0 radical (unpaired) electrons. The van der Waals surface area contributed by atoms with Crippen molar-refractivity contribution in [2.75, 3.05) is 7.05 Å². The Morgan fingerprint density at radius 1 is 1.17 bits per heavy atom. The Balaban J connectivity index is 1.55. The molecule has 2 aromatic heterocycles. The van der Waals surface area contributed by atoms with Gasteiger partial charge < -0.3 is 5.11 Å². The number of phenolic OH excluding ortho intramolecular Hbond substituents is 1. The molecule has 5 heteroatoms. The molecular weight excluding hydrogens is 318 g/mol. The molecule has 0 bridgehead atoms. The summed E-state index contributed by atoms with van der Waals surface area (Å²) in [6, 6.07) is 5.69. The maximum absolute atomic E-state index is 10.3. The first-order chi connectivity index (χ1) is 11.7. The lowest BCUT2D eigenvalue weighted by molar-refractivity contribution is 0.313. The molecule has 124 valence electrons. The van der Waals surface area contributed by atoms with Crippen molar-refractivity contribution in [3.8, 4) is 5.75 Å². The highest BCUT2D eigenvalue weighted by Crippen LogP contribution is 2.30. The van der Waals surface area contributed by atoms with Gasteiger partial charge in [-0.05, 0) is 50.2 Å². The summed E-state index contributed by atoms with van der Waals surface area (Å²) in [5.74, 6) is 0.334. The second kappa shape index (κ2) is 6.49. The van der Waals surface area contributed by atoms with Crippen molar-refractivity contribution in [2.24, 2.45) is 0 Å². The van der Waals surface area contributed by atoms with Crippen LogP contribution in [0.4, 0.5) is 0 Å². The molecule has 1 aliphatic rings. The van der Waals surface area contributed by atoms with Gasteiger partial charge in [-0.1, -0.05) is 6.07 Å². The first-order valence-electron chi connectivity index (χ1n) is 8.41. The maximum atomic E-state index is 10.3. The normalized spacial score (nSPS) is 14.2. The predicted octanol–water partition coefficient (Wildman–Crippen LogP) is 3.91. The van der Waals surface area contributed by atoms with Crippen molar-refractivity contribution in [1.82, 2.24) is 14.9 Å².